The van der Waals surface area contributed by atoms with Crippen LogP contribution in [0.4, 0.5) is 0 Å². The zero-order chi connectivity index (χ0) is 13.3. The van der Waals surface area contributed by atoms with Crippen LogP contribution in [0, 0.1) is 0 Å². The van der Waals surface area contributed by atoms with Gasteiger partial charge >= 0.3 is 15.2 Å². The summed E-state index contributed by atoms with van der Waals surface area (Å²) in [7, 11) is -10.7. The van der Waals surface area contributed by atoms with Crippen molar-refractivity contribution in [1.29, 1.82) is 0 Å². The highest BCUT2D eigenvalue weighted by atomic mass is 31.2. The van der Waals surface area contributed by atoms with Gasteiger partial charge in [-0.05, 0) is 5.56 Å². The summed E-state index contributed by atoms with van der Waals surface area (Å²) in [5.41, 5.74) is 0.673. The summed E-state index contributed by atoms with van der Waals surface area (Å²) < 4.78 is 22.6. The summed E-state index contributed by atoms with van der Waals surface area (Å²) in [4.78, 5) is 36.5. The summed E-state index contributed by atoms with van der Waals surface area (Å²) in [5, 5.41) is 5.72. The van der Waals surface area contributed by atoms with Gasteiger partial charge in [0.05, 0.1) is 0 Å². The zero-order valence-electron chi connectivity index (χ0n) is 8.33. The van der Waals surface area contributed by atoms with Crippen LogP contribution >= 0.6 is 15.2 Å². The molecule has 0 unspecified atom stereocenters. The monoisotopic (exact) mass is 283 g/mol. The van der Waals surface area contributed by atoms with Crippen molar-refractivity contribution in [3.05, 3.63) is 35.9 Å². The number of hydroxylamine groups is 1. The maximum absolute atomic E-state index is 11.3. The summed E-state index contributed by atoms with van der Waals surface area (Å²) in [6, 6.07) is 6.31. The molecule has 96 valence electrons. The van der Waals surface area contributed by atoms with Crippen LogP contribution < -0.4 is 5.48 Å². The van der Waals surface area contributed by atoms with E-state index in [0.717, 1.165) is 17.6 Å². The van der Waals surface area contributed by atoms with Crippen molar-refractivity contribution in [2.75, 3.05) is 0 Å². The summed E-state index contributed by atoms with van der Waals surface area (Å²) in [6.07, 6.45) is 0. The number of hydrogen-bond acceptors (Lipinski definition) is 4. The van der Waals surface area contributed by atoms with Crippen LogP contribution in [-0.4, -0.2) is 24.8 Å². The first-order chi connectivity index (χ1) is 7.67. The lowest BCUT2D eigenvalue weighted by molar-refractivity contribution is 0.109. The molecule has 10 heteroatoms. The Morgan fingerprint density at radius 1 is 0.941 bits per heavy atom. The zero-order valence-corrected chi connectivity index (χ0v) is 10.1. The smallest absolute Gasteiger partial charge is 0.322 e. The van der Waals surface area contributed by atoms with Gasteiger partial charge < -0.3 is 24.8 Å². The average Bonchev–Trinajstić information content (AvgIpc) is 2.16. The molecule has 0 radical (unpaired) electrons. The normalized spacial score (nSPS) is 13.7. The van der Waals surface area contributed by atoms with E-state index < -0.39 is 25.8 Å². The second-order valence-electron chi connectivity index (χ2n) is 3.24. The summed E-state index contributed by atoms with van der Waals surface area (Å²) in [5.74, 6) is 0. The Labute approximate surface area is 96.2 Å². The minimum atomic E-state index is -5.37. The third kappa shape index (κ3) is 2.35. The van der Waals surface area contributed by atoms with Crippen molar-refractivity contribution < 1.29 is 33.9 Å². The Morgan fingerprint density at radius 2 is 1.35 bits per heavy atom. The van der Waals surface area contributed by atoms with Crippen LogP contribution in [0.25, 0.3) is 0 Å². The molecule has 0 aliphatic rings. The molecule has 0 spiro atoms. The van der Waals surface area contributed by atoms with Crippen molar-refractivity contribution in [3.8, 4) is 0 Å². The highest BCUT2D eigenvalue weighted by Gasteiger charge is 2.62. The van der Waals surface area contributed by atoms with Gasteiger partial charge in [0, 0.05) is 0 Å². The van der Waals surface area contributed by atoms with Crippen LogP contribution in [0.15, 0.2) is 30.3 Å². The SMILES string of the molecule is O=P(O)(O)C(NO)(c1ccccc1)P(=O)(O)O. The highest BCUT2D eigenvalue weighted by Crippen LogP contribution is 2.72. The fraction of sp³-hybridized carbons (Fsp3) is 0.143. The molecule has 1 aromatic carbocycles. The molecule has 8 nitrogen and oxygen atoms in total. The topological polar surface area (TPSA) is 147 Å². The van der Waals surface area contributed by atoms with Crippen molar-refractivity contribution >= 4 is 15.2 Å². The lowest BCUT2D eigenvalue weighted by Crippen LogP contribution is -2.39. The number of nitrogens with one attached hydrogen (secondary N) is 1. The van der Waals surface area contributed by atoms with Gasteiger partial charge in [-0.1, -0.05) is 30.3 Å². The molecular weight excluding hydrogens is 272 g/mol. The molecule has 0 aliphatic carbocycles. The molecule has 0 bridgehead atoms. The molecule has 1 aromatic rings. The highest BCUT2D eigenvalue weighted by molar-refractivity contribution is 7.71. The maximum atomic E-state index is 11.3. The minimum absolute atomic E-state index is 0.413. The molecule has 0 atom stereocenters. The van der Waals surface area contributed by atoms with Crippen LogP contribution in [0.3, 0.4) is 0 Å². The van der Waals surface area contributed by atoms with Gasteiger partial charge in [0.25, 0.3) is 5.02 Å². The van der Waals surface area contributed by atoms with Crippen molar-refractivity contribution in [2.24, 2.45) is 0 Å². The van der Waals surface area contributed by atoms with Crippen molar-refractivity contribution in [1.82, 2.24) is 5.48 Å². The van der Waals surface area contributed by atoms with E-state index in [-0.39, 0.29) is 0 Å². The molecule has 0 amide bonds. The Hall–Kier alpha value is -0.560. The first kappa shape index (κ1) is 14.5. The Kier molecular flexibility index (Phi) is 3.93. The molecule has 0 aromatic heterocycles. The maximum Gasteiger partial charge on any atom is 0.364 e. The van der Waals surface area contributed by atoms with E-state index in [1.165, 1.54) is 18.2 Å². The van der Waals surface area contributed by atoms with E-state index in [4.69, 9.17) is 24.8 Å². The molecule has 6 N–H and O–H groups in total. The Balaban J connectivity index is 3.62. The fourth-order valence-electron chi connectivity index (χ4n) is 1.37. The van der Waals surface area contributed by atoms with Gasteiger partial charge in [0.2, 0.25) is 0 Å². The van der Waals surface area contributed by atoms with Crippen LogP contribution in [0.5, 0.6) is 0 Å². The van der Waals surface area contributed by atoms with Gasteiger partial charge in [-0.3, -0.25) is 9.13 Å². The molecule has 17 heavy (non-hydrogen) atoms. The second kappa shape index (κ2) is 4.61. The Bertz CT molecular complexity index is 456. The first-order valence-electron chi connectivity index (χ1n) is 4.25. The van der Waals surface area contributed by atoms with E-state index in [9.17, 15) is 9.13 Å². The summed E-state index contributed by atoms with van der Waals surface area (Å²) >= 11 is 0. The third-order valence-electron chi connectivity index (χ3n) is 2.18. The molecule has 0 aliphatic heterocycles. The number of benzene rings is 1. The molecular formula is C7H11NO7P2. The molecule has 0 fully saturated rings. The van der Waals surface area contributed by atoms with Crippen LogP contribution in [0.1, 0.15) is 5.56 Å². The second-order valence-corrected chi connectivity index (χ2v) is 7.11. The van der Waals surface area contributed by atoms with Crippen molar-refractivity contribution in [2.45, 2.75) is 5.02 Å². The van der Waals surface area contributed by atoms with Gasteiger partial charge in [-0.25, -0.2) is 0 Å². The molecule has 1 rings (SSSR count). The van der Waals surface area contributed by atoms with Gasteiger partial charge in [-0.15, -0.1) is 0 Å². The van der Waals surface area contributed by atoms with Crippen LogP contribution in [0.2, 0.25) is 0 Å². The molecule has 0 heterocycles. The van der Waals surface area contributed by atoms with E-state index in [1.54, 1.807) is 0 Å². The lowest BCUT2D eigenvalue weighted by atomic mass is 10.2. The number of rotatable bonds is 4. The van der Waals surface area contributed by atoms with E-state index in [0.29, 0.717) is 0 Å². The predicted molar refractivity (Wildman–Crippen MR) is 57.1 cm³/mol. The minimum Gasteiger partial charge on any atom is -0.322 e. The molecule has 0 saturated heterocycles. The van der Waals surface area contributed by atoms with Crippen LogP contribution in [-0.2, 0) is 14.2 Å². The van der Waals surface area contributed by atoms with Crippen molar-refractivity contribution in [3.63, 3.8) is 0 Å². The Morgan fingerprint density at radius 3 is 1.65 bits per heavy atom. The summed E-state index contributed by atoms with van der Waals surface area (Å²) in [6.45, 7) is 0. The first-order valence-corrected chi connectivity index (χ1v) is 7.47. The van der Waals surface area contributed by atoms with E-state index in [1.807, 2.05) is 0 Å². The quantitative estimate of drug-likeness (QED) is 0.337. The largest absolute Gasteiger partial charge is 0.364 e. The predicted octanol–water partition coefficient (Wildman–Crippen LogP) is 0.131. The average molecular weight is 283 g/mol. The lowest BCUT2D eigenvalue weighted by Gasteiger charge is -2.33. The van der Waals surface area contributed by atoms with Gasteiger partial charge in [0.1, 0.15) is 0 Å². The molecule has 0 saturated carbocycles. The third-order valence-corrected chi connectivity index (χ3v) is 6.14. The van der Waals surface area contributed by atoms with Gasteiger partial charge in [0.15, 0.2) is 0 Å². The fourth-order valence-corrected chi connectivity index (χ4v) is 3.96. The van der Waals surface area contributed by atoms with E-state index >= 15 is 0 Å². The van der Waals surface area contributed by atoms with E-state index in [2.05, 4.69) is 0 Å². The van der Waals surface area contributed by atoms with Gasteiger partial charge in [-0.2, -0.15) is 5.48 Å². The standard InChI is InChI=1S/C7H11NO7P2/c9-8-7(16(10,11)12,17(13,14)15)6-4-2-1-3-5-6/h1-5,8-9H,(H2,10,11,12)(H2,13,14,15). The number of hydrogen-bond donors (Lipinski definition) is 6.